The van der Waals surface area contributed by atoms with Crippen LogP contribution in [0.2, 0.25) is 0 Å². The topological polar surface area (TPSA) is 32.6 Å². The van der Waals surface area contributed by atoms with E-state index in [2.05, 4.69) is 17.0 Å². The molecule has 0 saturated carbocycles. The summed E-state index contributed by atoms with van der Waals surface area (Å²) in [7, 11) is 0. The number of nitrogens with zero attached hydrogens (tertiary/aromatic N) is 1. The van der Waals surface area contributed by atoms with Crippen LogP contribution in [0.3, 0.4) is 0 Å². The molecule has 15 heavy (non-hydrogen) atoms. The highest BCUT2D eigenvalue weighted by Crippen LogP contribution is 2.08. The highest BCUT2D eigenvalue weighted by Gasteiger charge is 1.97. The Labute approximate surface area is 90.6 Å². The summed E-state index contributed by atoms with van der Waals surface area (Å²) in [5, 5.41) is 11.6. The van der Waals surface area contributed by atoms with Gasteiger partial charge in [0.25, 0.3) is 0 Å². The predicted octanol–water partition coefficient (Wildman–Crippen LogP) is 2.81. The Morgan fingerprint density at radius 1 is 1.40 bits per heavy atom. The molecule has 2 heteroatoms. The molecule has 0 spiro atoms. The van der Waals surface area contributed by atoms with E-state index in [1.165, 1.54) is 6.21 Å². The second-order valence-corrected chi connectivity index (χ2v) is 3.76. The van der Waals surface area contributed by atoms with Crippen molar-refractivity contribution in [2.75, 3.05) is 0 Å². The normalized spacial score (nSPS) is 10.4. The minimum absolute atomic E-state index is 0.338. The first kappa shape index (κ1) is 11.3. The molecule has 0 atom stereocenters. The third-order valence-electron chi connectivity index (χ3n) is 1.90. The van der Waals surface area contributed by atoms with Gasteiger partial charge in [-0.2, -0.15) is 0 Å². The highest BCUT2D eigenvalue weighted by atomic mass is 16.4. The smallest absolute Gasteiger partial charge is 0.0746 e. The van der Waals surface area contributed by atoms with E-state index < -0.39 is 0 Å². The molecule has 0 heterocycles. The molecule has 0 aliphatic rings. The first-order chi connectivity index (χ1) is 7.13. The molecule has 0 bridgehead atoms. The lowest BCUT2D eigenvalue weighted by atomic mass is 10.0. The molecule has 1 rings (SSSR count). The molecule has 78 valence electrons. The summed E-state index contributed by atoms with van der Waals surface area (Å²) < 4.78 is 0. The number of hydrogen-bond donors (Lipinski definition) is 1. The molecule has 0 aromatic heterocycles. The lowest BCUT2D eigenvalue weighted by Crippen LogP contribution is -1.90. The molecule has 0 amide bonds. The number of benzene rings is 1. The average Bonchev–Trinajstić information content (AvgIpc) is 2.17. The van der Waals surface area contributed by atoms with Crippen LogP contribution in [0.5, 0.6) is 0 Å². The van der Waals surface area contributed by atoms with Gasteiger partial charge in [-0.05, 0) is 19.1 Å². The van der Waals surface area contributed by atoms with Gasteiger partial charge in [-0.1, -0.05) is 42.5 Å². The van der Waals surface area contributed by atoms with Crippen molar-refractivity contribution >= 4 is 6.21 Å². The van der Waals surface area contributed by atoms with E-state index in [1.807, 2.05) is 39.0 Å². The molecule has 0 aliphatic heterocycles. The van der Waals surface area contributed by atoms with Gasteiger partial charge in [0.1, 0.15) is 0 Å². The maximum absolute atomic E-state index is 8.53. The molecular formula is C13H15NO. The van der Waals surface area contributed by atoms with Crippen LogP contribution in [0, 0.1) is 24.7 Å². The van der Waals surface area contributed by atoms with Crippen molar-refractivity contribution in [2.45, 2.75) is 20.8 Å². The van der Waals surface area contributed by atoms with Gasteiger partial charge in [0, 0.05) is 17.0 Å². The Balaban J connectivity index is 3.13. The zero-order valence-electron chi connectivity index (χ0n) is 9.28. The quantitative estimate of drug-likeness (QED) is 0.322. The second kappa shape index (κ2) is 5.21. The fourth-order valence-electron chi connectivity index (χ4n) is 1.19. The zero-order valence-corrected chi connectivity index (χ0v) is 9.28. The maximum Gasteiger partial charge on any atom is 0.0746 e. The molecule has 0 aliphatic carbocycles. The first-order valence-corrected chi connectivity index (χ1v) is 4.93. The van der Waals surface area contributed by atoms with Crippen molar-refractivity contribution in [3.05, 3.63) is 34.9 Å². The molecule has 0 radical (unpaired) electrons. The summed E-state index contributed by atoms with van der Waals surface area (Å²) in [5.74, 6) is 6.50. The van der Waals surface area contributed by atoms with Crippen LogP contribution in [0.4, 0.5) is 0 Å². The minimum Gasteiger partial charge on any atom is -0.411 e. The van der Waals surface area contributed by atoms with Crippen molar-refractivity contribution in [2.24, 2.45) is 11.1 Å². The molecule has 0 saturated heterocycles. The predicted molar refractivity (Wildman–Crippen MR) is 62.3 cm³/mol. The summed E-state index contributed by atoms with van der Waals surface area (Å²) in [6.07, 6.45) is 1.41. The fourth-order valence-corrected chi connectivity index (χ4v) is 1.19. The van der Waals surface area contributed by atoms with E-state index in [9.17, 15) is 0 Å². The van der Waals surface area contributed by atoms with E-state index in [0.29, 0.717) is 5.92 Å². The van der Waals surface area contributed by atoms with Crippen molar-refractivity contribution in [3.63, 3.8) is 0 Å². The molecule has 1 N–H and O–H groups in total. The zero-order chi connectivity index (χ0) is 11.3. The van der Waals surface area contributed by atoms with Crippen LogP contribution in [-0.2, 0) is 0 Å². The summed E-state index contributed by atoms with van der Waals surface area (Å²) >= 11 is 0. The minimum atomic E-state index is 0.338. The summed E-state index contributed by atoms with van der Waals surface area (Å²) in [4.78, 5) is 0. The number of rotatable bonds is 1. The van der Waals surface area contributed by atoms with Gasteiger partial charge >= 0.3 is 0 Å². The van der Waals surface area contributed by atoms with E-state index in [-0.39, 0.29) is 0 Å². The van der Waals surface area contributed by atoms with E-state index in [4.69, 9.17) is 5.21 Å². The van der Waals surface area contributed by atoms with Gasteiger partial charge in [0.05, 0.1) is 6.21 Å². The van der Waals surface area contributed by atoms with Crippen LogP contribution in [0.15, 0.2) is 23.4 Å². The van der Waals surface area contributed by atoms with Gasteiger partial charge in [-0.15, -0.1) is 0 Å². The first-order valence-electron chi connectivity index (χ1n) is 4.93. The number of aryl methyl sites for hydroxylation is 1. The molecule has 0 unspecified atom stereocenters. The van der Waals surface area contributed by atoms with Crippen molar-refractivity contribution in [1.29, 1.82) is 0 Å². The van der Waals surface area contributed by atoms with Crippen LogP contribution in [0.1, 0.15) is 30.5 Å². The van der Waals surface area contributed by atoms with Crippen LogP contribution in [-0.4, -0.2) is 11.4 Å². The average molecular weight is 201 g/mol. The summed E-state index contributed by atoms with van der Waals surface area (Å²) in [6.45, 7) is 6.08. The molecular weight excluding hydrogens is 186 g/mol. The van der Waals surface area contributed by atoms with Crippen molar-refractivity contribution < 1.29 is 5.21 Å². The summed E-state index contributed by atoms with van der Waals surface area (Å²) in [5.41, 5.74) is 2.87. The van der Waals surface area contributed by atoms with Gasteiger partial charge < -0.3 is 5.21 Å². The van der Waals surface area contributed by atoms with Gasteiger partial charge in [-0.3, -0.25) is 0 Å². The maximum atomic E-state index is 8.53. The Morgan fingerprint density at radius 3 is 2.73 bits per heavy atom. The number of oxime groups is 1. The Hall–Kier alpha value is -1.75. The number of hydrogen-bond acceptors (Lipinski definition) is 2. The van der Waals surface area contributed by atoms with E-state index >= 15 is 0 Å². The Kier molecular flexibility index (Phi) is 3.93. The lowest BCUT2D eigenvalue weighted by Gasteiger charge is -1.99. The van der Waals surface area contributed by atoms with E-state index in [1.54, 1.807) is 0 Å². The Bertz CT molecular complexity index is 422. The molecule has 0 fully saturated rings. The molecule has 1 aromatic rings. The van der Waals surface area contributed by atoms with Gasteiger partial charge in [0.15, 0.2) is 0 Å². The highest BCUT2D eigenvalue weighted by molar-refractivity contribution is 5.83. The fraction of sp³-hybridized carbons (Fsp3) is 0.308. The summed E-state index contributed by atoms with van der Waals surface area (Å²) in [6, 6.07) is 5.89. The van der Waals surface area contributed by atoms with Crippen molar-refractivity contribution in [3.8, 4) is 11.8 Å². The van der Waals surface area contributed by atoms with Crippen LogP contribution in [0.25, 0.3) is 0 Å². The van der Waals surface area contributed by atoms with Crippen molar-refractivity contribution in [1.82, 2.24) is 0 Å². The molecule has 1 aromatic carbocycles. The van der Waals surface area contributed by atoms with E-state index in [0.717, 1.165) is 16.7 Å². The standard InChI is InChI=1S/C13H15NO/c1-10(2)4-6-12-7-5-11(3)8-13(12)9-14-15/h5,7-10,15H,1-3H3/b14-9+. The molecule has 2 nitrogen and oxygen atoms in total. The Morgan fingerprint density at radius 2 is 2.13 bits per heavy atom. The lowest BCUT2D eigenvalue weighted by molar-refractivity contribution is 0.322. The van der Waals surface area contributed by atoms with Crippen LogP contribution < -0.4 is 0 Å². The SMILES string of the molecule is Cc1ccc(C#CC(C)C)c(/C=N/O)c1. The van der Waals surface area contributed by atoms with Gasteiger partial charge in [0.2, 0.25) is 0 Å². The van der Waals surface area contributed by atoms with Gasteiger partial charge in [-0.25, -0.2) is 0 Å². The monoisotopic (exact) mass is 201 g/mol. The third-order valence-corrected chi connectivity index (χ3v) is 1.90. The van der Waals surface area contributed by atoms with Crippen LogP contribution >= 0.6 is 0 Å². The largest absolute Gasteiger partial charge is 0.411 e. The third kappa shape index (κ3) is 3.47. The second-order valence-electron chi connectivity index (χ2n) is 3.76.